The molecule has 158 valence electrons. The molecule has 5 aromatic rings. The molecular weight excluding hydrogens is 412 g/mol. The van der Waals surface area contributed by atoms with Crippen molar-refractivity contribution in [2.24, 2.45) is 0 Å². The Morgan fingerprint density at radius 3 is 2.34 bits per heavy atom. The van der Waals surface area contributed by atoms with Gasteiger partial charge in [-0.15, -0.1) is 0 Å². The molecule has 1 unspecified atom stereocenters. The molecule has 0 radical (unpaired) electrons. The van der Waals surface area contributed by atoms with Gasteiger partial charge in [-0.1, -0.05) is 42.5 Å². The van der Waals surface area contributed by atoms with E-state index in [1.807, 2.05) is 0 Å². The summed E-state index contributed by atoms with van der Waals surface area (Å²) >= 11 is 0. The number of fused-ring (bicyclic) bond motifs is 2. The van der Waals surface area contributed by atoms with Crippen LogP contribution >= 0.6 is 0 Å². The fourth-order valence-corrected chi connectivity index (χ4v) is 4.08. The van der Waals surface area contributed by atoms with Crippen molar-refractivity contribution in [1.29, 1.82) is 0 Å². The van der Waals surface area contributed by atoms with Crippen LogP contribution in [0, 0.1) is 10.1 Å². The van der Waals surface area contributed by atoms with Crippen LogP contribution in [0.4, 0.5) is 5.69 Å². The van der Waals surface area contributed by atoms with Crippen molar-refractivity contribution in [3.05, 3.63) is 115 Å². The second-order valence-electron chi connectivity index (χ2n) is 7.35. The van der Waals surface area contributed by atoms with Gasteiger partial charge in [0.15, 0.2) is 5.88 Å². The third kappa shape index (κ3) is 2.95. The maximum atomic E-state index is 13.4. The average Bonchev–Trinajstić information content (AvgIpc) is 3.13. The number of para-hydroxylation sites is 1. The minimum absolute atomic E-state index is 0.178. The van der Waals surface area contributed by atoms with E-state index >= 15 is 0 Å². The van der Waals surface area contributed by atoms with Crippen molar-refractivity contribution >= 4 is 27.4 Å². The van der Waals surface area contributed by atoms with Crippen LogP contribution in [0.25, 0.3) is 21.7 Å². The van der Waals surface area contributed by atoms with Crippen molar-refractivity contribution in [3.8, 4) is 5.88 Å². The summed E-state index contributed by atoms with van der Waals surface area (Å²) in [4.78, 5) is 39.9. The quantitative estimate of drug-likeness (QED) is 0.298. The van der Waals surface area contributed by atoms with E-state index in [0.29, 0.717) is 22.0 Å². The molecule has 5 rings (SSSR count). The van der Waals surface area contributed by atoms with Gasteiger partial charge in [0.05, 0.1) is 21.3 Å². The Balaban J connectivity index is 1.90. The molecule has 0 aliphatic carbocycles. The van der Waals surface area contributed by atoms with Crippen LogP contribution < -0.4 is 11.1 Å². The van der Waals surface area contributed by atoms with E-state index in [1.165, 1.54) is 18.2 Å². The van der Waals surface area contributed by atoms with E-state index in [2.05, 4.69) is 10.1 Å². The van der Waals surface area contributed by atoms with Gasteiger partial charge in [0.1, 0.15) is 6.04 Å². The molecule has 1 atom stereocenters. The molecule has 3 N–H and O–H groups in total. The smallest absolute Gasteiger partial charge is 0.274 e. The summed E-state index contributed by atoms with van der Waals surface area (Å²) in [6.07, 6.45) is 0. The van der Waals surface area contributed by atoms with Crippen LogP contribution in [0.5, 0.6) is 5.88 Å². The van der Waals surface area contributed by atoms with Crippen molar-refractivity contribution in [2.45, 2.75) is 6.04 Å². The van der Waals surface area contributed by atoms with Gasteiger partial charge in [0.2, 0.25) is 0 Å². The molecule has 0 spiro atoms. The minimum atomic E-state index is -1.03. The van der Waals surface area contributed by atoms with Crippen molar-refractivity contribution in [3.63, 3.8) is 0 Å². The number of hydrogen-bond donors (Lipinski definition) is 3. The number of nitro benzene ring substituents is 1. The molecule has 0 aliphatic heterocycles. The number of nitrogens with zero attached hydrogens (tertiary/aromatic N) is 2. The molecule has 3 aromatic carbocycles. The van der Waals surface area contributed by atoms with Crippen LogP contribution in [-0.4, -0.2) is 24.8 Å². The van der Waals surface area contributed by atoms with Gasteiger partial charge in [-0.25, -0.2) is 4.68 Å². The first kappa shape index (κ1) is 19.3. The van der Waals surface area contributed by atoms with E-state index in [9.17, 15) is 24.8 Å². The third-order valence-corrected chi connectivity index (χ3v) is 5.50. The van der Waals surface area contributed by atoms with Gasteiger partial charge in [-0.2, -0.15) is 0 Å². The first-order valence-electron chi connectivity index (χ1n) is 9.73. The molecule has 0 saturated carbocycles. The number of rotatable bonds is 4. The van der Waals surface area contributed by atoms with Gasteiger partial charge >= 0.3 is 0 Å². The Bertz CT molecular complexity index is 1630. The van der Waals surface area contributed by atoms with Gasteiger partial charge < -0.3 is 10.1 Å². The first-order chi connectivity index (χ1) is 15.5. The predicted octanol–water partition coefficient (Wildman–Crippen LogP) is 3.42. The van der Waals surface area contributed by atoms with Crippen molar-refractivity contribution in [1.82, 2.24) is 14.8 Å². The molecule has 2 aromatic heterocycles. The summed E-state index contributed by atoms with van der Waals surface area (Å²) < 4.78 is 1.11. The average molecular weight is 428 g/mol. The Morgan fingerprint density at radius 2 is 1.59 bits per heavy atom. The highest BCUT2D eigenvalue weighted by Gasteiger charge is 2.28. The summed E-state index contributed by atoms with van der Waals surface area (Å²) in [6.45, 7) is 0. The highest BCUT2D eigenvalue weighted by Crippen LogP contribution is 2.38. The molecule has 0 amide bonds. The second-order valence-corrected chi connectivity index (χ2v) is 7.35. The molecule has 32 heavy (non-hydrogen) atoms. The molecule has 2 heterocycles. The lowest BCUT2D eigenvalue weighted by Gasteiger charge is -2.20. The lowest BCUT2D eigenvalue weighted by atomic mass is 9.97. The number of benzene rings is 3. The first-order valence-corrected chi connectivity index (χ1v) is 9.73. The third-order valence-electron chi connectivity index (χ3n) is 5.50. The molecule has 0 saturated heterocycles. The standard InChI is InChI=1S/C23H16N4O5/c28-21-15-8-1-2-9-16(15)23(30)26(25-21)20(13-6-5-7-14(12-13)27(31)32)19-17-10-3-4-11-18(17)24-22(19)29/h1-12,20,24,29H,(H,25,28). The Labute approximate surface area is 179 Å². The second kappa shape index (κ2) is 7.24. The van der Waals surface area contributed by atoms with Crippen molar-refractivity contribution in [2.75, 3.05) is 0 Å². The molecule has 0 bridgehead atoms. The zero-order chi connectivity index (χ0) is 22.4. The zero-order valence-corrected chi connectivity index (χ0v) is 16.5. The predicted molar refractivity (Wildman–Crippen MR) is 119 cm³/mol. The Kier molecular flexibility index (Phi) is 4.37. The number of aromatic amines is 2. The zero-order valence-electron chi connectivity index (χ0n) is 16.5. The largest absolute Gasteiger partial charge is 0.494 e. The molecule has 0 aliphatic rings. The molecule has 9 heteroatoms. The van der Waals surface area contributed by atoms with Crippen LogP contribution in [0.1, 0.15) is 17.2 Å². The Hall–Kier alpha value is -4.66. The minimum Gasteiger partial charge on any atom is -0.494 e. The number of non-ortho nitro benzene ring substituents is 1. The maximum absolute atomic E-state index is 13.4. The molecule has 9 nitrogen and oxygen atoms in total. The topological polar surface area (TPSA) is 134 Å². The van der Waals surface area contributed by atoms with Gasteiger partial charge in [0.25, 0.3) is 16.8 Å². The fourth-order valence-electron chi connectivity index (χ4n) is 4.08. The van der Waals surface area contributed by atoms with Crippen LogP contribution in [0.2, 0.25) is 0 Å². The lowest BCUT2D eigenvalue weighted by Crippen LogP contribution is -2.34. The highest BCUT2D eigenvalue weighted by molar-refractivity contribution is 5.87. The number of nitrogens with one attached hydrogen (secondary N) is 2. The van der Waals surface area contributed by atoms with Crippen LogP contribution in [-0.2, 0) is 0 Å². The number of H-pyrrole nitrogens is 2. The van der Waals surface area contributed by atoms with Crippen molar-refractivity contribution < 1.29 is 10.0 Å². The lowest BCUT2D eigenvalue weighted by molar-refractivity contribution is -0.384. The van der Waals surface area contributed by atoms with Gasteiger partial charge in [-0.05, 0) is 23.8 Å². The van der Waals surface area contributed by atoms with E-state index in [0.717, 1.165) is 4.68 Å². The summed E-state index contributed by atoms with van der Waals surface area (Å²) in [5.41, 5.74) is 0.118. The maximum Gasteiger partial charge on any atom is 0.274 e. The summed E-state index contributed by atoms with van der Waals surface area (Å²) in [5, 5.41) is 25.8. The van der Waals surface area contributed by atoms with E-state index in [-0.39, 0.29) is 22.3 Å². The van der Waals surface area contributed by atoms with E-state index < -0.39 is 22.1 Å². The van der Waals surface area contributed by atoms with Crippen LogP contribution in [0.15, 0.2) is 82.4 Å². The van der Waals surface area contributed by atoms with Gasteiger partial charge in [0, 0.05) is 23.0 Å². The molecular formula is C23H16N4O5. The van der Waals surface area contributed by atoms with Gasteiger partial charge in [-0.3, -0.25) is 24.8 Å². The fraction of sp³-hybridized carbons (Fsp3) is 0.0435. The number of aromatic hydroxyl groups is 1. The van der Waals surface area contributed by atoms with E-state index in [4.69, 9.17) is 0 Å². The summed E-state index contributed by atoms with van der Waals surface area (Å²) in [6, 6.07) is 18.2. The van der Waals surface area contributed by atoms with Crippen LogP contribution in [0.3, 0.4) is 0 Å². The summed E-state index contributed by atoms with van der Waals surface area (Å²) in [5.74, 6) is -0.205. The Morgan fingerprint density at radius 1 is 0.906 bits per heavy atom. The number of nitro groups is 1. The van der Waals surface area contributed by atoms with E-state index in [1.54, 1.807) is 54.6 Å². The monoisotopic (exact) mass is 428 g/mol. The SMILES string of the molecule is O=c1[nH]n(C(c2cccc([N+](=O)[O-])c2)c2c(O)[nH]c3ccccc23)c(=O)c2ccccc12. The summed E-state index contributed by atoms with van der Waals surface area (Å²) in [7, 11) is 0. The molecule has 0 fully saturated rings. The normalized spacial score (nSPS) is 12.2. The highest BCUT2D eigenvalue weighted by atomic mass is 16.6. The number of hydrogen-bond acceptors (Lipinski definition) is 5. The number of aromatic nitrogens is 3.